The molecule has 1 atom stereocenters. The summed E-state index contributed by atoms with van der Waals surface area (Å²) in [7, 11) is 0. The number of benzene rings is 1. The van der Waals surface area contributed by atoms with Gasteiger partial charge in [-0.3, -0.25) is 9.69 Å². The van der Waals surface area contributed by atoms with Gasteiger partial charge in [0.05, 0.1) is 0 Å². The van der Waals surface area contributed by atoms with Gasteiger partial charge in [0.2, 0.25) is 17.6 Å². The summed E-state index contributed by atoms with van der Waals surface area (Å²) in [5.74, 6) is 1.61. The molecule has 140 valence electrons. The summed E-state index contributed by atoms with van der Waals surface area (Å²) in [5.41, 5.74) is 2.00. The molecule has 1 aromatic carbocycles. The van der Waals surface area contributed by atoms with E-state index in [0.29, 0.717) is 24.3 Å². The quantitative estimate of drug-likeness (QED) is 0.862. The van der Waals surface area contributed by atoms with Gasteiger partial charge in [0.25, 0.3) is 0 Å². The zero-order valence-corrected chi connectivity index (χ0v) is 15.9. The fraction of sp³-hybridized carbons (Fsp3) is 0.550. The number of hydrogen-bond donors (Lipinski definition) is 1. The van der Waals surface area contributed by atoms with Gasteiger partial charge < -0.3 is 9.84 Å². The number of aryl methyl sites for hydroxylation is 1. The Labute approximate surface area is 155 Å². The Hall–Kier alpha value is -2.21. The Kier molecular flexibility index (Phi) is 6.04. The summed E-state index contributed by atoms with van der Waals surface area (Å²) in [6.07, 6.45) is 2.59. The molecule has 0 bridgehead atoms. The average Bonchev–Trinajstić information content (AvgIpc) is 3.09. The van der Waals surface area contributed by atoms with Gasteiger partial charge in [0.15, 0.2) is 0 Å². The van der Waals surface area contributed by atoms with Crippen molar-refractivity contribution in [3.63, 3.8) is 0 Å². The van der Waals surface area contributed by atoms with Gasteiger partial charge in [-0.25, -0.2) is 0 Å². The smallest absolute Gasteiger partial charge is 0.236 e. The maximum atomic E-state index is 12.2. The van der Waals surface area contributed by atoms with Crippen LogP contribution in [0.15, 0.2) is 28.8 Å². The third kappa shape index (κ3) is 4.69. The summed E-state index contributed by atoms with van der Waals surface area (Å²) in [6, 6.07) is 8.20. The second-order valence-electron chi connectivity index (χ2n) is 7.38. The van der Waals surface area contributed by atoms with Gasteiger partial charge in [0.1, 0.15) is 6.42 Å². The van der Waals surface area contributed by atoms with Crippen LogP contribution in [0.1, 0.15) is 38.1 Å². The number of hydrogen-bond acceptors (Lipinski definition) is 5. The van der Waals surface area contributed by atoms with Crippen molar-refractivity contribution in [1.82, 2.24) is 20.4 Å². The van der Waals surface area contributed by atoms with Crippen LogP contribution < -0.4 is 5.32 Å². The third-order valence-corrected chi connectivity index (χ3v) is 5.20. The summed E-state index contributed by atoms with van der Waals surface area (Å²) >= 11 is 0. The third-order valence-electron chi connectivity index (χ3n) is 5.20. The average molecular weight is 356 g/mol. The molecule has 2 heterocycles. The molecule has 6 nitrogen and oxygen atoms in total. The SMILES string of the molecule is Cc1ccccc1-c1noc(CC(=O)NCC(C)N2CCC(C)CC2)n1. The van der Waals surface area contributed by atoms with Crippen molar-refractivity contribution < 1.29 is 9.32 Å². The number of aromatic nitrogens is 2. The lowest BCUT2D eigenvalue weighted by atomic mass is 9.98. The van der Waals surface area contributed by atoms with E-state index >= 15 is 0 Å². The second kappa shape index (κ2) is 8.45. The summed E-state index contributed by atoms with van der Waals surface area (Å²) in [5, 5.41) is 6.99. The Bertz CT molecular complexity index is 735. The topological polar surface area (TPSA) is 71.3 Å². The molecule has 1 aliphatic heterocycles. The Morgan fingerprint density at radius 3 is 2.81 bits per heavy atom. The van der Waals surface area contributed by atoms with Crippen molar-refractivity contribution in [2.45, 2.75) is 46.1 Å². The molecule has 2 aromatic rings. The summed E-state index contributed by atoms with van der Waals surface area (Å²) in [6.45, 7) is 9.34. The van der Waals surface area contributed by atoms with E-state index in [1.165, 1.54) is 12.8 Å². The van der Waals surface area contributed by atoms with Crippen LogP contribution in [0.2, 0.25) is 0 Å². The lowest BCUT2D eigenvalue weighted by Gasteiger charge is -2.34. The van der Waals surface area contributed by atoms with Crippen LogP contribution in [0.3, 0.4) is 0 Å². The van der Waals surface area contributed by atoms with Gasteiger partial charge >= 0.3 is 0 Å². The largest absolute Gasteiger partial charge is 0.354 e. The van der Waals surface area contributed by atoms with Crippen molar-refractivity contribution >= 4 is 5.91 Å². The summed E-state index contributed by atoms with van der Waals surface area (Å²) < 4.78 is 5.25. The minimum absolute atomic E-state index is 0.0813. The number of carbonyl (C=O) groups is 1. The number of piperidine rings is 1. The van der Waals surface area contributed by atoms with Crippen molar-refractivity contribution in [2.24, 2.45) is 5.92 Å². The first kappa shape index (κ1) is 18.6. The van der Waals surface area contributed by atoms with E-state index in [9.17, 15) is 4.79 Å². The zero-order chi connectivity index (χ0) is 18.5. The van der Waals surface area contributed by atoms with E-state index in [0.717, 1.165) is 30.1 Å². The highest BCUT2D eigenvalue weighted by Gasteiger charge is 2.21. The monoisotopic (exact) mass is 356 g/mol. The van der Waals surface area contributed by atoms with Crippen molar-refractivity contribution in [2.75, 3.05) is 19.6 Å². The zero-order valence-electron chi connectivity index (χ0n) is 15.9. The molecule has 1 aliphatic rings. The summed E-state index contributed by atoms with van der Waals surface area (Å²) in [4.78, 5) is 19.0. The van der Waals surface area contributed by atoms with Crippen LogP contribution in [-0.4, -0.2) is 46.6 Å². The van der Waals surface area contributed by atoms with E-state index in [1.54, 1.807) is 0 Å². The number of rotatable bonds is 6. The van der Waals surface area contributed by atoms with Crippen LogP contribution >= 0.6 is 0 Å². The first-order valence-corrected chi connectivity index (χ1v) is 9.42. The number of carbonyl (C=O) groups excluding carboxylic acids is 1. The Morgan fingerprint density at radius 1 is 1.35 bits per heavy atom. The van der Waals surface area contributed by atoms with E-state index in [2.05, 4.69) is 34.2 Å². The normalized spacial score (nSPS) is 17.2. The highest BCUT2D eigenvalue weighted by atomic mass is 16.5. The van der Waals surface area contributed by atoms with E-state index < -0.39 is 0 Å². The number of amides is 1. The molecule has 0 radical (unpaired) electrons. The molecule has 3 rings (SSSR count). The fourth-order valence-electron chi connectivity index (χ4n) is 3.32. The fourth-order valence-corrected chi connectivity index (χ4v) is 3.32. The van der Waals surface area contributed by atoms with Crippen LogP contribution in [-0.2, 0) is 11.2 Å². The van der Waals surface area contributed by atoms with Crippen LogP contribution in [0.25, 0.3) is 11.4 Å². The second-order valence-corrected chi connectivity index (χ2v) is 7.38. The number of nitrogens with one attached hydrogen (secondary N) is 1. The minimum Gasteiger partial charge on any atom is -0.354 e. The van der Waals surface area contributed by atoms with Gasteiger partial charge in [0, 0.05) is 18.2 Å². The predicted molar refractivity (Wildman–Crippen MR) is 101 cm³/mol. The number of nitrogens with zero attached hydrogens (tertiary/aromatic N) is 3. The van der Waals surface area contributed by atoms with Gasteiger partial charge in [-0.05, 0) is 51.3 Å². The highest BCUT2D eigenvalue weighted by molar-refractivity contribution is 5.77. The van der Waals surface area contributed by atoms with E-state index in [1.807, 2.05) is 31.2 Å². The van der Waals surface area contributed by atoms with Gasteiger partial charge in [-0.2, -0.15) is 4.98 Å². The van der Waals surface area contributed by atoms with Crippen molar-refractivity contribution in [1.29, 1.82) is 0 Å². The molecule has 0 saturated carbocycles. The van der Waals surface area contributed by atoms with E-state index in [4.69, 9.17) is 4.52 Å². The lowest BCUT2D eigenvalue weighted by molar-refractivity contribution is -0.121. The lowest BCUT2D eigenvalue weighted by Crippen LogP contribution is -2.45. The molecule has 26 heavy (non-hydrogen) atoms. The predicted octanol–water partition coefficient (Wildman–Crippen LogP) is 2.82. The molecule has 1 saturated heterocycles. The standard InChI is InChI=1S/C20H28N4O2/c1-14-8-10-24(11-9-14)16(3)13-21-18(25)12-19-22-20(23-26-19)17-7-5-4-6-15(17)2/h4-7,14,16H,8-13H2,1-3H3,(H,21,25). The molecule has 0 spiro atoms. The molecule has 1 amide bonds. The highest BCUT2D eigenvalue weighted by Crippen LogP contribution is 2.20. The Balaban J connectivity index is 1.49. The van der Waals surface area contributed by atoms with Crippen LogP contribution in [0, 0.1) is 12.8 Å². The maximum Gasteiger partial charge on any atom is 0.236 e. The molecular weight excluding hydrogens is 328 g/mol. The molecular formula is C20H28N4O2. The first-order valence-electron chi connectivity index (χ1n) is 9.42. The van der Waals surface area contributed by atoms with Crippen molar-refractivity contribution in [3.8, 4) is 11.4 Å². The number of likely N-dealkylation sites (tertiary alicyclic amines) is 1. The minimum atomic E-state index is -0.0813. The molecule has 0 aliphatic carbocycles. The van der Waals surface area contributed by atoms with E-state index in [-0.39, 0.29) is 12.3 Å². The molecule has 1 fully saturated rings. The van der Waals surface area contributed by atoms with Crippen LogP contribution in [0.5, 0.6) is 0 Å². The first-order chi connectivity index (χ1) is 12.5. The van der Waals surface area contributed by atoms with Crippen LogP contribution in [0.4, 0.5) is 0 Å². The molecule has 1 unspecified atom stereocenters. The van der Waals surface area contributed by atoms with Gasteiger partial charge in [-0.15, -0.1) is 0 Å². The maximum absolute atomic E-state index is 12.2. The van der Waals surface area contributed by atoms with Crippen molar-refractivity contribution in [3.05, 3.63) is 35.7 Å². The molecule has 1 aromatic heterocycles. The Morgan fingerprint density at radius 2 is 2.08 bits per heavy atom. The van der Waals surface area contributed by atoms with Gasteiger partial charge in [-0.1, -0.05) is 36.3 Å². The molecule has 6 heteroatoms. The molecule has 1 N–H and O–H groups in total.